The van der Waals surface area contributed by atoms with E-state index in [1.807, 2.05) is 12.1 Å². The number of aryl methyl sites for hydroxylation is 1. The summed E-state index contributed by atoms with van der Waals surface area (Å²) in [4.78, 5) is 9.56. The predicted octanol–water partition coefficient (Wildman–Crippen LogP) is 21.6. The predicted molar refractivity (Wildman–Crippen MR) is 366 cm³/mol. The summed E-state index contributed by atoms with van der Waals surface area (Å²) in [6, 6.07) is 104. The summed E-state index contributed by atoms with van der Waals surface area (Å²) in [5.41, 5.74) is 23.5. The summed E-state index contributed by atoms with van der Waals surface area (Å²) >= 11 is 0. The van der Waals surface area contributed by atoms with Gasteiger partial charge in [0.2, 0.25) is 0 Å². The van der Waals surface area contributed by atoms with Gasteiger partial charge in [-0.2, -0.15) is 0 Å². The number of hydrogen-bond donors (Lipinski definition) is 0. The van der Waals surface area contributed by atoms with Crippen LogP contribution in [0.3, 0.4) is 0 Å². The van der Waals surface area contributed by atoms with Gasteiger partial charge in [-0.05, 0) is 115 Å². The van der Waals surface area contributed by atoms with Gasteiger partial charge in [0.05, 0.1) is 5.41 Å². The number of aromatic nitrogens is 2. The molecule has 5 nitrogen and oxygen atoms in total. The first-order chi connectivity index (χ1) is 44.9. The molecule has 1 spiro atoms. The van der Waals surface area contributed by atoms with Crippen LogP contribution in [-0.4, -0.2) is 9.55 Å². The molecule has 6 heteroatoms. The van der Waals surface area contributed by atoms with Crippen molar-refractivity contribution in [1.29, 1.82) is 0 Å². The molecule has 0 atom stereocenters. The molecule has 0 fully saturated rings. The zero-order valence-corrected chi connectivity index (χ0v) is 51.9. The maximum absolute atomic E-state index is 8.56. The molecule has 1 aliphatic heterocycles. The molecule has 0 amide bonds. The van der Waals surface area contributed by atoms with Crippen molar-refractivity contribution in [2.24, 2.45) is 0 Å². The number of hydrogen-bond acceptors (Lipinski definition) is 4. The number of anilines is 4. The van der Waals surface area contributed by atoms with Crippen molar-refractivity contribution in [3.05, 3.63) is 331 Å². The third-order valence-electron chi connectivity index (χ3n) is 18.4. The first-order valence-electron chi connectivity index (χ1n) is 31.9. The third-order valence-corrected chi connectivity index (χ3v) is 18.4. The fourth-order valence-corrected chi connectivity index (χ4v) is 14.5. The summed E-state index contributed by atoms with van der Waals surface area (Å²) in [5, 5.41) is 1.97. The summed E-state index contributed by atoms with van der Waals surface area (Å²) in [6.07, 6.45) is 1.59. The van der Waals surface area contributed by atoms with Gasteiger partial charge in [0.1, 0.15) is 5.82 Å². The first-order valence-corrected chi connectivity index (χ1v) is 30.4. The molecule has 0 bridgehead atoms. The van der Waals surface area contributed by atoms with E-state index < -0.39 is 12.3 Å². The van der Waals surface area contributed by atoms with Gasteiger partial charge in [0, 0.05) is 76.6 Å². The minimum Gasteiger partial charge on any atom is -0.509 e. The second kappa shape index (κ2) is 21.5. The molecule has 0 radical (unpaired) electrons. The van der Waals surface area contributed by atoms with Gasteiger partial charge in [-0.15, -0.1) is 47.7 Å². The molecule has 434 valence electrons. The van der Waals surface area contributed by atoms with Crippen molar-refractivity contribution < 1.29 is 29.9 Å². The van der Waals surface area contributed by atoms with E-state index in [1.165, 1.54) is 33.4 Å². The molecule has 3 heterocycles. The quantitative estimate of drug-likeness (QED) is 0.135. The van der Waals surface area contributed by atoms with Crippen LogP contribution in [0.15, 0.2) is 279 Å². The summed E-state index contributed by atoms with van der Waals surface area (Å²) < 4.78 is 35.5. The Morgan fingerprint density at radius 1 is 0.489 bits per heavy atom. The van der Waals surface area contributed by atoms with E-state index in [1.54, 1.807) is 18.3 Å². The maximum Gasteiger partial charge on any atom is 0.135 e. The van der Waals surface area contributed by atoms with Crippen LogP contribution in [0.4, 0.5) is 22.7 Å². The van der Waals surface area contributed by atoms with Gasteiger partial charge >= 0.3 is 0 Å². The van der Waals surface area contributed by atoms with E-state index in [4.69, 9.17) is 13.8 Å². The molecular weight excluding hydrogens is 1280 g/mol. The Bertz CT molecular complexity index is 5240. The van der Waals surface area contributed by atoms with Crippen molar-refractivity contribution in [1.82, 2.24) is 9.55 Å². The van der Waals surface area contributed by atoms with E-state index in [0.29, 0.717) is 22.8 Å². The van der Waals surface area contributed by atoms with E-state index in [9.17, 15) is 0 Å². The van der Waals surface area contributed by atoms with Crippen molar-refractivity contribution in [2.75, 3.05) is 9.80 Å². The molecule has 90 heavy (non-hydrogen) atoms. The van der Waals surface area contributed by atoms with Crippen molar-refractivity contribution in [3.8, 4) is 84.1 Å². The topological polar surface area (TPSA) is 33.5 Å². The van der Waals surface area contributed by atoms with Crippen LogP contribution in [0, 0.1) is 25.7 Å². The Hall–Kier alpha value is -10.3. The van der Waals surface area contributed by atoms with Crippen molar-refractivity contribution >= 4 is 44.6 Å². The normalized spacial score (nSPS) is 13.9. The van der Waals surface area contributed by atoms with Gasteiger partial charge in [0.15, 0.2) is 0 Å². The SMILES string of the molecule is [2H]C([2H])([2H])c1ccnc(-n2c3[c-]c(Oc4[c-]c(N5[CH-]N(c6c(-c7ccc(-c8ccccc8)cc7)cccc6-c6cccc(C(C)(C)C)c6)c6ccccc65)cc(-c5ccccc5)c4)c4c(c3c3ccccc32)C2(c3ccccc3-c3ccccc32)c2ccccc2-4)c1.[Pt]. The molecule has 0 saturated carbocycles. The number of pyridine rings is 1. The zero-order valence-electron chi connectivity index (χ0n) is 52.6. The number of rotatable bonds is 9. The first kappa shape index (κ1) is 51.7. The number of benzene rings is 12. The molecule has 12 aromatic carbocycles. The molecule has 0 unspecified atom stereocenters. The van der Waals surface area contributed by atoms with E-state index >= 15 is 0 Å². The molecule has 2 aromatic heterocycles. The van der Waals surface area contributed by atoms with Gasteiger partial charge in [-0.25, -0.2) is 4.98 Å². The van der Waals surface area contributed by atoms with E-state index in [-0.39, 0.29) is 32.0 Å². The van der Waals surface area contributed by atoms with Crippen molar-refractivity contribution in [2.45, 2.75) is 38.5 Å². The monoisotopic (exact) mass is 1340 g/mol. The molecule has 14 aromatic rings. The Balaban J connectivity index is 0.00000686. The van der Waals surface area contributed by atoms with Gasteiger partial charge in [-0.3, -0.25) is 0 Å². The van der Waals surface area contributed by atoms with Crippen LogP contribution in [-0.2, 0) is 31.9 Å². The fraction of sp³-hybridized carbons (Fsp3) is 0.0714. The average Bonchev–Trinajstić information content (AvgIpc) is 1.49. The van der Waals surface area contributed by atoms with Crippen LogP contribution < -0.4 is 14.5 Å². The molecule has 3 aliphatic rings. The smallest absolute Gasteiger partial charge is 0.135 e. The Labute approximate surface area is 544 Å². The Morgan fingerprint density at radius 2 is 1.04 bits per heavy atom. The van der Waals surface area contributed by atoms with Crippen LogP contribution in [0.2, 0.25) is 0 Å². The van der Waals surface area contributed by atoms with E-state index in [2.05, 4.69) is 303 Å². The van der Waals surface area contributed by atoms with Crippen LogP contribution in [0.5, 0.6) is 11.5 Å². The molecular formula is C84H59N4OPt-3. The number of fused-ring (bicyclic) bond motifs is 15. The van der Waals surface area contributed by atoms with Gasteiger partial charge in [0.25, 0.3) is 0 Å². The maximum atomic E-state index is 8.56. The average molecular weight is 1340 g/mol. The van der Waals surface area contributed by atoms with Crippen LogP contribution >= 0.6 is 0 Å². The largest absolute Gasteiger partial charge is 0.509 e. The fourth-order valence-electron chi connectivity index (χ4n) is 14.5. The standard InChI is InChI=1S/C84H59N4O.Pt/c1-54-45-46-85-78(47-54)88-73-38-18-14-32-69(73)79-76(88)52-77(80-68-31-13-17-37-72(68)84(81(79)80)70-35-15-11-29-66(70)67-30-12-16-36-71(67)84)89-63-50-60(56-25-9-6-10-26-56)49-62(51-63)86-53-87(75-40-20-19-39-74(75)86)82-64(58-43-41-57(42-44-58)55-23-7-5-8-24-55)33-22-34-65(82)59-27-21-28-61(48-59)83(2,3)4;/h5-50,53H,1-4H3;/q-3;/i1D3;. The van der Waals surface area contributed by atoms with E-state index in [0.717, 1.165) is 100 Å². The number of para-hydroxylation sites is 4. The second-order valence-electron chi connectivity index (χ2n) is 24.5. The Morgan fingerprint density at radius 3 is 1.74 bits per heavy atom. The van der Waals surface area contributed by atoms with Gasteiger partial charge < -0.3 is 19.1 Å². The van der Waals surface area contributed by atoms with Gasteiger partial charge in [-0.1, -0.05) is 273 Å². The van der Waals surface area contributed by atoms with Crippen molar-refractivity contribution in [3.63, 3.8) is 0 Å². The second-order valence-corrected chi connectivity index (χ2v) is 24.5. The minimum atomic E-state index is -2.38. The zero-order chi connectivity index (χ0) is 62.0. The minimum absolute atomic E-state index is 0. The number of nitrogens with zero attached hydrogens (tertiary/aromatic N) is 4. The van der Waals surface area contributed by atoms with Crippen LogP contribution in [0.1, 0.15) is 58.3 Å². The molecule has 2 aliphatic carbocycles. The van der Waals surface area contributed by atoms with Crippen LogP contribution in [0.25, 0.3) is 94.4 Å². The third kappa shape index (κ3) is 8.58. The number of ether oxygens (including phenoxy) is 1. The molecule has 0 N–H and O–H groups in total. The summed E-state index contributed by atoms with van der Waals surface area (Å²) in [6.45, 7) is 6.65. The molecule has 17 rings (SSSR count). The molecule has 0 saturated heterocycles. The summed E-state index contributed by atoms with van der Waals surface area (Å²) in [7, 11) is 0. The summed E-state index contributed by atoms with van der Waals surface area (Å²) in [5.74, 6) is 1.45. The Kier molecular flexibility index (Phi) is 12.3.